The second kappa shape index (κ2) is 65.4. The molecule has 0 aromatic heterocycles. The number of hydrogen-bond donors (Lipinski definition) is 0. The molecule has 0 radical (unpaired) electrons. The van der Waals surface area contributed by atoms with Gasteiger partial charge < -0.3 is 14.2 Å². The molecule has 6 nitrogen and oxygen atoms in total. The van der Waals surface area contributed by atoms with E-state index in [1.807, 2.05) is 0 Å². The average Bonchev–Trinajstić information content (AvgIpc) is 3.42. The molecule has 448 valence electrons. The molecule has 0 aliphatic heterocycles. The van der Waals surface area contributed by atoms with Crippen LogP contribution in [-0.2, 0) is 28.6 Å². The van der Waals surface area contributed by atoms with Crippen LogP contribution in [-0.4, -0.2) is 37.2 Å². The molecule has 0 amide bonds. The first-order chi connectivity index (χ1) is 37.5. The minimum absolute atomic E-state index is 0.0694. The number of carbonyl (C=O) groups is 3. The third kappa shape index (κ3) is 62.7. The Labute approximate surface area is 474 Å². The molecule has 0 saturated heterocycles. The minimum Gasteiger partial charge on any atom is -0.462 e. The van der Waals surface area contributed by atoms with Crippen LogP contribution in [0.3, 0.4) is 0 Å². The standard InChI is InChI=1S/C70H132O6/c1-4-7-10-13-16-19-22-25-28-30-32-33-34-35-36-37-39-40-42-45-48-51-54-57-60-63-69(72)75-66-67(65-74-68(71)62-59-56-53-50-47-44-27-24-21-18-15-12-9-6-3)76-70(73)64-61-58-55-52-49-46-43-41-38-31-29-26-23-20-17-14-11-8-5-2/h15,18,24,27,67H,4-14,16-17,19-23,25-26,28-66H2,1-3H3/b18-15-,27-24-. The van der Waals surface area contributed by atoms with E-state index in [9.17, 15) is 14.4 Å². The number of hydrogen-bond acceptors (Lipinski definition) is 6. The van der Waals surface area contributed by atoms with Crippen LogP contribution in [0, 0.1) is 0 Å². The van der Waals surface area contributed by atoms with Crippen molar-refractivity contribution in [3.8, 4) is 0 Å². The normalized spacial score (nSPS) is 12.1. The van der Waals surface area contributed by atoms with Crippen LogP contribution in [0.1, 0.15) is 387 Å². The molecule has 0 aromatic carbocycles. The predicted molar refractivity (Wildman–Crippen MR) is 330 cm³/mol. The predicted octanol–water partition coefficient (Wildman–Crippen LogP) is 23.4. The molecule has 0 bridgehead atoms. The average molecular weight is 1070 g/mol. The van der Waals surface area contributed by atoms with Gasteiger partial charge in [0.15, 0.2) is 6.10 Å². The third-order valence-electron chi connectivity index (χ3n) is 15.7. The van der Waals surface area contributed by atoms with Crippen LogP contribution in [0.2, 0.25) is 0 Å². The zero-order chi connectivity index (χ0) is 55.0. The fourth-order valence-corrected chi connectivity index (χ4v) is 10.5. The first kappa shape index (κ1) is 73.9. The summed E-state index contributed by atoms with van der Waals surface area (Å²) in [5.41, 5.74) is 0. The van der Waals surface area contributed by atoms with Gasteiger partial charge in [-0.05, 0) is 44.9 Å². The Kier molecular flexibility index (Phi) is 63.6. The Bertz CT molecular complexity index is 1230. The van der Waals surface area contributed by atoms with Gasteiger partial charge in [0, 0.05) is 19.3 Å². The minimum atomic E-state index is -0.773. The number of allylic oxidation sites excluding steroid dienone is 4. The highest BCUT2D eigenvalue weighted by Crippen LogP contribution is 2.19. The van der Waals surface area contributed by atoms with Gasteiger partial charge in [0.25, 0.3) is 0 Å². The summed E-state index contributed by atoms with van der Waals surface area (Å²) >= 11 is 0. The quantitative estimate of drug-likeness (QED) is 0.0261. The van der Waals surface area contributed by atoms with E-state index in [1.54, 1.807) is 0 Å². The van der Waals surface area contributed by atoms with E-state index in [2.05, 4.69) is 45.1 Å². The maximum absolute atomic E-state index is 12.9. The second-order valence-corrected chi connectivity index (χ2v) is 23.5. The van der Waals surface area contributed by atoms with Crippen molar-refractivity contribution < 1.29 is 28.6 Å². The van der Waals surface area contributed by atoms with Gasteiger partial charge >= 0.3 is 17.9 Å². The molecule has 0 aliphatic rings. The summed E-state index contributed by atoms with van der Waals surface area (Å²) in [6.45, 7) is 6.67. The lowest BCUT2D eigenvalue weighted by Crippen LogP contribution is -2.30. The van der Waals surface area contributed by atoms with Crippen molar-refractivity contribution in [2.75, 3.05) is 13.2 Å². The summed E-state index contributed by atoms with van der Waals surface area (Å²) in [6.07, 6.45) is 79.2. The Balaban J connectivity index is 4.23. The summed E-state index contributed by atoms with van der Waals surface area (Å²) < 4.78 is 17.0. The number of ether oxygens (including phenoxy) is 3. The van der Waals surface area contributed by atoms with E-state index in [4.69, 9.17) is 14.2 Å². The fraction of sp³-hybridized carbons (Fsp3) is 0.900. The lowest BCUT2D eigenvalue weighted by atomic mass is 10.0. The molecule has 0 aromatic rings. The van der Waals surface area contributed by atoms with E-state index >= 15 is 0 Å². The van der Waals surface area contributed by atoms with Gasteiger partial charge in [-0.1, -0.05) is 347 Å². The molecular weight excluding hydrogens is 937 g/mol. The highest BCUT2D eigenvalue weighted by Gasteiger charge is 2.19. The van der Waals surface area contributed by atoms with Gasteiger partial charge in [-0.3, -0.25) is 14.4 Å². The fourth-order valence-electron chi connectivity index (χ4n) is 10.5. The summed E-state index contributed by atoms with van der Waals surface area (Å²) in [7, 11) is 0. The SMILES string of the molecule is CCCC/C=C\C/C=C\CCCCCCCC(=O)OCC(COC(=O)CCCCCCCCCCCCCCCCCCCCCCCCCCC)OC(=O)CCCCCCCCCCCCCCCCCCCCC. The Morgan fingerprint density at radius 2 is 0.487 bits per heavy atom. The van der Waals surface area contributed by atoms with Crippen LogP contribution < -0.4 is 0 Å². The Hall–Kier alpha value is -2.11. The molecule has 0 spiro atoms. The van der Waals surface area contributed by atoms with E-state index in [0.29, 0.717) is 19.3 Å². The van der Waals surface area contributed by atoms with Gasteiger partial charge in [0.1, 0.15) is 13.2 Å². The molecule has 1 unspecified atom stereocenters. The van der Waals surface area contributed by atoms with Crippen molar-refractivity contribution in [2.45, 2.75) is 393 Å². The summed E-state index contributed by atoms with van der Waals surface area (Å²) in [6, 6.07) is 0. The molecule has 6 heteroatoms. The van der Waals surface area contributed by atoms with Crippen molar-refractivity contribution in [3.05, 3.63) is 24.3 Å². The third-order valence-corrected chi connectivity index (χ3v) is 15.7. The molecular formula is C70H132O6. The van der Waals surface area contributed by atoms with Crippen molar-refractivity contribution in [2.24, 2.45) is 0 Å². The summed E-state index contributed by atoms with van der Waals surface area (Å²) in [5.74, 6) is -0.853. The van der Waals surface area contributed by atoms with E-state index < -0.39 is 6.10 Å². The van der Waals surface area contributed by atoms with Crippen LogP contribution in [0.4, 0.5) is 0 Å². The number of carbonyl (C=O) groups excluding carboxylic acids is 3. The first-order valence-electron chi connectivity index (χ1n) is 34.3. The van der Waals surface area contributed by atoms with Crippen molar-refractivity contribution >= 4 is 17.9 Å². The molecule has 0 heterocycles. The van der Waals surface area contributed by atoms with Crippen molar-refractivity contribution in [1.82, 2.24) is 0 Å². The summed E-state index contributed by atoms with van der Waals surface area (Å²) in [5, 5.41) is 0. The summed E-state index contributed by atoms with van der Waals surface area (Å²) in [4.78, 5) is 38.4. The zero-order valence-corrected chi connectivity index (χ0v) is 51.6. The number of esters is 3. The monoisotopic (exact) mass is 1070 g/mol. The zero-order valence-electron chi connectivity index (χ0n) is 51.6. The Morgan fingerprint density at radius 1 is 0.263 bits per heavy atom. The smallest absolute Gasteiger partial charge is 0.306 e. The lowest BCUT2D eigenvalue weighted by Gasteiger charge is -2.18. The van der Waals surface area contributed by atoms with Gasteiger partial charge in [-0.2, -0.15) is 0 Å². The second-order valence-electron chi connectivity index (χ2n) is 23.5. The Morgan fingerprint density at radius 3 is 0.763 bits per heavy atom. The van der Waals surface area contributed by atoms with E-state index in [0.717, 1.165) is 77.0 Å². The maximum Gasteiger partial charge on any atom is 0.306 e. The highest BCUT2D eigenvalue weighted by atomic mass is 16.6. The van der Waals surface area contributed by atoms with Crippen molar-refractivity contribution in [3.63, 3.8) is 0 Å². The molecule has 0 N–H and O–H groups in total. The van der Waals surface area contributed by atoms with Gasteiger partial charge in [-0.25, -0.2) is 0 Å². The maximum atomic E-state index is 12.9. The van der Waals surface area contributed by atoms with Crippen LogP contribution in [0.15, 0.2) is 24.3 Å². The molecule has 0 rings (SSSR count). The number of unbranched alkanes of at least 4 members (excludes halogenated alkanes) is 49. The van der Waals surface area contributed by atoms with Crippen LogP contribution in [0.25, 0.3) is 0 Å². The van der Waals surface area contributed by atoms with Gasteiger partial charge in [0.05, 0.1) is 0 Å². The van der Waals surface area contributed by atoms with Gasteiger partial charge in [-0.15, -0.1) is 0 Å². The first-order valence-corrected chi connectivity index (χ1v) is 34.3. The topological polar surface area (TPSA) is 78.9 Å². The molecule has 0 aliphatic carbocycles. The highest BCUT2D eigenvalue weighted by molar-refractivity contribution is 5.71. The largest absolute Gasteiger partial charge is 0.462 e. The molecule has 0 saturated carbocycles. The van der Waals surface area contributed by atoms with E-state index in [-0.39, 0.29) is 31.1 Å². The van der Waals surface area contributed by atoms with E-state index in [1.165, 1.54) is 270 Å². The van der Waals surface area contributed by atoms with Gasteiger partial charge in [0.2, 0.25) is 0 Å². The molecule has 0 fully saturated rings. The van der Waals surface area contributed by atoms with Crippen LogP contribution in [0.5, 0.6) is 0 Å². The molecule has 1 atom stereocenters. The van der Waals surface area contributed by atoms with Crippen molar-refractivity contribution in [1.29, 1.82) is 0 Å². The number of rotatable bonds is 64. The molecule has 76 heavy (non-hydrogen) atoms. The lowest BCUT2D eigenvalue weighted by molar-refractivity contribution is -0.167. The van der Waals surface area contributed by atoms with Crippen LogP contribution >= 0.6 is 0 Å².